The fourth-order valence-electron chi connectivity index (χ4n) is 2.08. The van der Waals surface area contributed by atoms with Gasteiger partial charge >= 0.3 is 23.9 Å². The van der Waals surface area contributed by atoms with E-state index in [1.807, 2.05) is 0 Å². The van der Waals surface area contributed by atoms with Gasteiger partial charge in [-0.05, 0) is 12.1 Å². The van der Waals surface area contributed by atoms with Crippen molar-refractivity contribution in [3.8, 4) is 0 Å². The number of ether oxygens (including phenoxy) is 2. The van der Waals surface area contributed by atoms with Gasteiger partial charge in [-0.15, -0.1) is 0 Å². The molecule has 0 spiro atoms. The molecule has 0 radical (unpaired) electrons. The Bertz CT molecular complexity index is 847. The van der Waals surface area contributed by atoms with Crippen LogP contribution in [0.1, 0.15) is 21.0 Å². The monoisotopic (exact) mass is 360 g/mol. The van der Waals surface area contributed by atoms with Crippen LogP contribution in [0.25, 0.3) is 0 Å². The van der Waals surface area contributed by atoms with E-state index in [9.17, 15) is 19.2 Å². The Morgan fingerprint density at radius 2 is 1.15 bits per heavy atom. The van der Waals surface area contributed by atoms with E-state index < -0.39 is 23.9 Å². The van der Waals surface area contributed by atoms with Crippen molar-refractivity contribution in [2.45, 2.75) is 0 Å². The number of hydrogen-bond donors (Lipinski definition) is 2. The summed E-state index contributed by atoms with van der Waals surface area (Å²) < 4.78 is 11.8. The van der Waals surface area contributed by atoms with Crippen LogP contribution in [-0.2, 0) is 33.2 Å². The van der Waals surface area contributed by atoms with Crippen LogP contribution in [0.15, 0.2) is 36.7 Å². The number of carbonyl (C=O) groups is 4. The minimum Gasteiger partial charge on any atom is -0.397 e. The van der Waals surface area contributed by atoms with Crippen LogP contribution in [0.5, 0.6) is 0 Å². The van der Waals surface area contributed by atoms with Crippen molar-refractivity contribution in [1.82, 2.24) is 9.13 Å². The van der Waals surface area contributed by atoms with Gasteiger partial charge < -0.3 is 30.1 Å². The Morgan fingerprint density at radius 1 is 0.808 bits per heavy atom. The number of rotatable bonds is 4. The van der Waals surface area contributed by atoms with Crippen molar-refractivity contribution in [2.24, 2.45) is 14.1 Å². The smallest absolute Gasteiger partial charge is 0.362 e. The number of hydrogen-bond acceptors (Lipinski definition) is 8. The summed E-state index contributed by atoms with van der Waals surface area (Å²) in [4.78, 5) is 46.8. The summed E-state index contributed by atoms with van der Waals surface area (Å²) in [5, 5.41) is 0. The third-order valence-corrected chi connectivity index (χ3v) is 3.21. The Hall–Kier alpha value is -3.82. The molecule has 0 aliphatic rings. The van der Waals surface area contributed by atoms with Crippen LogP contribution in [0.2, 0.25) is 0 Å². The molecule has 10 heteroatoms. The van der Waals surface area contributed by atoms with E-state index in [4.69, 9.17) is 11.5 Å². The van der Waals surface area contributed by atoms with Crippen molar-refractivity contribution < 1.29 is 28.7 Å². The molecule has 0 atom stereocenters. The predicted molar refractivity (Wildman–Crippen MR) is 89.6 cm³/mol. The van der Waals surface area contributed by atoms with Crippen LogP contribution in [0.3, 0.4) is 0 Å². The average molecular weight is 360 g/mol. The van der Waals surface area contributed by atoms with E-state index in [-0.39, 0.29) is 11.4 Å². The Morgan fingerprint density at radius 3 is 1.42 bits per heavy atom. The van der Waals surface area contributed by atoms with Crippen LogP contribution in [0, 0.1) is 0 Å². The summed E-state index contributed by atoms with van der Waals surface area (Å²) in [6, 6.07) is 2.66. The molecule has 0 saturated carbocycles. The lowest BCUT2D eigenvalue weighted by atomic mass is 10.4. The van der Waals surface area contributed by atoms with Crippen molar-refractivity contribution in [1.29, 1.82) is 0 Å². The number of anilines is 2. The Labute approximate surface area is 147 Å². The number of nitrogens with two attached hydrogens (primary N) is 2. The van der Waals surface area contributed by atoms with Gasteiger partial charge in [0.15, 0.2) is 0 Å². The molecular formula is C16H16N4O6. The fraction of sp³-hybridized carbons (Fsp3) is 0.125. The molecule has 0 saturated heterocycles. The van der Waals surface area contributed by atoms with Crippen LogP contribution in [-0.4, -0.2) is 33.0 Å². The molecular weight excluding hydrogens is 344 g/mol. The van der Waals surface area contributed by atoms with Gasteiger partial charge in [0.25, 0.3) is 0 Å². The van der Waals surface area contributed by atoms with Gasteiger partial charge in [0.1, 0.15) is 11.4 Å². The standard InChI is InChI=1S/C16H16N4O6/c1-19-7-9(17)5-11(19)15(23)25-13(21)3-4-14(22)26-16(24)12-6-10(18)8-20(12)2/h3-8H,17-18H2,1-2H3/b4-3-. The molecule has 2 aromatic heterocycles. The topological polar surface area (TPSA) is 149 Å². The number of esters is 4. The number of aromatic nitrogens is 2. The Kier molecular flexibility index (Phi) is 5.26. The van der Waals surface area contributed by atoms with Crippen molar-refractivity contribution >= 4 is 35.3 Å². The van der Waals surface area contributed by atoms with Crippen LogP contribution >= 0.6 is 0 Å². The highest BCUT2D eigenvalue weighted by Crippen LogP contribution is 2.11. The van der Waals surface area contributed by atoms with Gasteiger partial charge in [-0.1, -0.05) is 0 Å². The lowest BCUT2D eigenvalue weighted by molar-refractivity contribution is -0.135. The number of carbonyl (C=O) groups excluding carboxylic acids is 4. The van der Waals surface area contributed by atoms with E-state index in [0.717, 1.165) is 0 Å². The van der Waals surface area contributed by atoms with Crippen LogP contribution in [0.4, 0.5) is 11.4 Å². The first kappa shape index (κ1) is 18.5. The van der Waals surface area contributed by atoms with Gasteiger partial charge in [0.05, 0.1) is 11.4 Å². The lowest BCUT2D eigenvalue weighted by Gasteiger charge is -2.02. The highest BCUT2D eigenvalue weighted by molar-refractivity contribution is 6.04. The summed E-state index contributed by atoms with van der Waals surface area (Å²) >= 11 is 0. The second-order valence-electron chi connectivity index (χ2n) is 5.29. The maximum absolute atomic E-state index is 11.8. The van der Waals surface area contributed by atoms with Gasteiger partial charge in [0.2, 0.25) is 0 Å². The molecule has 0 bridgehead atoms. The summed E-state index contributed by atoms with van der Waals surface area (Å²) in [6.45, 7) is 0. The summed E-state index contributed by atoms with van der Waals surface area (Å²) in [5.74, 6) is -4.10. The summed E-state index contributed by atoms with van der Waals surface area (Å²) in [7, 11) is 3.10. The average Bonchev–Trinajstić information content (AvgIpc) is 3.06. The SMILES string of the molecule is Cn1cc(N)cc1C(=O)OC(=O)/C=C\C(=O)OC(=O)c1cc(N)cn1C. The normalized spacial score (nSPS) is 10.7. The van der Waals surface area contributed by atoms with Crippen molar-refractivity contribution in [3.63, 3.8) is 0 Å². The second kappa shape index (κ2) is 7.38. The number of aryl methyl sites for hydroxylation is 2. The molecule has 2 rings (SSSR count). The molecule has 10 nitrogen and oxygen atoms in total. The third-order valence-electron chi connectivity index (χ3n) is 3.21. The van der Waals surface area contributed by atoms with Gasteiger partial charge in [-0.2, -0.15) is 0 Å². The van der Waals surface area contributed by atoms with E-state index in [1.165, 1.54) is 33.7 Å². The molecule has 136 valence electrons. The van der Waals surface area contributed by atoms with Gasteiger partial charge in [-0.3, -0.25) is 0 Å². The highest BCUT2D eigenvalue weighted by Gasteiger charge is 2.17. The molecule has 0 amide bonds. The Balaban J connectivity index is 1.92. The molecule has 0 aliphatic heterocycles. The van der Waals surface area contributed by atoms with Crippen molar-refractivity contribution in [2.75, 3.05) is 11.5 Å². The molecule has 26 heavy (non-hydrogen) atoms. The largest absolute Gasteiger partial charge is 0.397 e. The number of nitrogens with zero attached hydrogens (tertiary/aromatic N) is 2. The maximum Gasteiger partial charge on any atom is 0.362 e. The van der Waals surface area contributed by atoms with Gasteiger partial charge in [0, 0.05) is 38.6 Å². The number of nitrogen functional groups attached to an aromatic ring is 2. The zero-order valence-electron chi connectivity index (χ0n) is 14.0. The van der Waals surface area contributed by atoms with Gasteiger partial charge in [-0.25, -0.2) is 19.2 Å². The minimum atomic E-state index is -1.11. The zero-order valence-corrected chi connectivity index (χ0v) is 14.0. The minimum absolute atomic E-state index is 0.0586. The quantitative estimate of drug-likeness (QED) is 0.444. The van der Waals surface area contributed by atoms with E-state index in [2.05, 4.69) is 9.47 Å². The molecule has 2 aromatic rings. The first-order valence-electron chi connectivity index (χ1n) is 7.21. The first-order chi connectivity index (χ1) is 12.2. The van der Waals surface area contributed by atoms with E-state index >= 15 is 0 Å². The molecule has 0 aliphatic carbocycles. The van der Waals surface area contributed by atoms with Crippen LogP contribution < -0.4 is 11.5 Å². The van der Waals surface area contributed by atoms with E-state index in [1.54, 1.807) is 14.1 Å². The third kappa shape index (κ3) is 4.38. The predicted octanol–water partition coefficient (Wildman–Crippen LogP) is 0.151. The maximum atomic E-state index is 11.8. The molecule has 0 fully saturated rings. The molecule has 0 unspecified atom stereocenters. The molecule has 0 aromatic carbocycles. The van der Waals surface area contributed by atoms with Crippen molar-refractivity contribution in [3.05, 3.63) is 48.1 Å². The molecule has 4 N–H and O–H groups in total. The van der Waals surface area contributed by atoms with E-state index in [0.29, 0.717) is 23.5 Å². The first-order valence-corrected chi connectivity index (χ1v) is 7.21. The fourth-order valence-corrected chi connectivity index (χ4v) is 2.08. The lowest BCUT2D eigenvalue weighted by Crippen LogP contribution is -2.15. The molecule has 2 heterocycles. The zero-order chi connectivity index (χ0) is 19.4. The summed E-state index contributed by atoms with van der Waals surface area (Å²) in [6.07, 6.45) is 4.27. The second-order valence-corrected chi connectivity index (χ2v) is 5.29. The highest BCUT2D eigenvalue weighted by atomic mass is 16.6. The summed E-state index contributed by atoms with van der Waals surface area (Å²) in [5.41, 5.74) is 11.8.